The van der Waals surface area contributed by atoms with Crippen LogP contribution in [0.25, 0.3) is 0 Å². The summed E-state index contributed by atoms with van der Waals surface area (Å²) in [6.45, 7) is 3.00. The summed E-state index contributed by atoms with van der Waals surface area (Å²) in [4.78, 5) is 34.6. The molecular formula is C10H19N3O4. The van der Waals surface area contributed by atoms with Crippen molar-refractivity contribution in [3.05, 3.63) is 0 Å². The number of hydrogen-bond acceptors (Lipinski definition) is 3. The van der Waals surface area contributed by atoms with Crippen molar-refractivity contribution in [2.45, 2.75) is 25.8 Å². The van der Waals surface area contributed by atoms with Gasteiger partial charge in [-0.05, 0) is 13.8 Å². The minimum absolute atomic E-state index is 0.175. The molecule has 0 aromatic carbocycles. The average molecular weight is 245 g/mol. The molecule has 0 aromatic rings. The Kier molecular flexibility index (Phi) is 5.43. The smallest absolute Gasteiger partial charge is 0.328 e. The van der Waals surface area contributed by atoms with Crippen molar-refractivity contribution in [2.24, 2.45) is 0 Å². The Morgan fingerprint density at radius 1 is 1.29 bits per heavy atom. The fraction of sp³-hybridized carbons (Fsp3) is 0.700. The van der Waals surface area contributed by atoms with Crippen molar-refractivity contribution in [1.29, 1.82) is 0 Å². The molecule has 0 aliphatic rings. The summed E-state index contributed by atoms with van der Waals surface area (Å²) in [5.74, 6) is -1.30. The van der Waals surface area contributed by atoms with Gasteiger partial charge in [-0.25, -0.2) is 9.59 Å². The van der Waals surface area contributed by atoms with E-state index in [1.807, 2.05) is 0 Å². The van der Waals surface area contributed by atoms with E-state index in [0.29, 0.717) is 0 Å². The van der Waals surface area contributed by atoms with E-state index in [1.54, 1.807) is 0 Å². The van der Waals surface area contributed by atoms with Crippen LogP contribution in [0.5, 0.6) is 0 Å². The van der Waals surface area contributed by atoms with Gasteiger partial charge in [-0.2, -0.15) is 0 Å². The molecule has 0 fully saturated rings. The maximum atomic E-state index is 11.6. The summed E-state index contributed by atoms with van der Waals surface area (Å²) in [6.07, 6.45) is 0.175. The van der Waals surface area contributed by atoms with Crippen LogP contribution in [0.4, 0.5) is 4.79 Å². The molecule has 3 amide bonds. The molecule has 0 saturated carbocycles. The van der Waals surface area contributed by atoms with Gasteiger partial charge in [0.2, 0.25) is 5.91 Å². The Morgan fingerprint density at radius 3 is 2.24 bits per heavy atom. The number of carbonyl (C=O) groups excluding carboxylic acids is 2. The molecule has 0 aliphatic carbocycles. The van der Waals surface area contributed by atoms with Crippen molar-refractivity contribution in [3.63, 3.8) is 0 Å². The molecular weight excluding hydrogens is 226 g/mol. The van der Waals surface area contributed by atoms with E-state index < -0.39 is 17.5 Å². The van der Waals surface area contributed by atoms with Crippen LogP contribution < -0.4 is 10.6 Å². The first-order chi connectivity index (χ1) is 7.70. The SMILES string of the molecule is CNC(=O)CCN(C)C(=O)NC(C)(C)C(=O)O. The van der Waals surface area contributed by atoms with Gasteiger partial charge in [0.1, 0.15) is 5.54 Å². The van der Waals surface area contributed by atoms with Crippen molar-refractivity contribution >= 4 is 17.9 Å². The van der Waals surface area contributed by atoms with E-state index in [2.05, 4.69) is 10.6 Å². The Labute approximate surface area is 100 Å². The Hall–Kier alpha value is -1.79. The van der Waals surface area contributed by atoms with Crippen LogP contribution in [0.3, 0.4) is 0 Å². The maximum absolute atomic E-state index is 11.6. The molecule has 0 heterocycles. The molecule has 0 saturated heterocycles. The minimum atomic E-state index is -1.33. The largest absolute Gasteiger partial charge is 0.480 e. The van der Waals surface area contributed by atoms with Crippen molar-refractivity contribution < 1.29 is 19.5 Å². The number of hydrogen-bond donors (Lipinski definition) is 3. The normalized spacial score (nSPS) is 10.6. The van der Waals surface area contributed by atoms with Crippen LogP contribution in [0, 0.1) is 0 Å². The lowest BCUT2D eigenvalue weighted by Gasteiger charge is -2.25. The maximum Gasteiger partial charge on any atom is 0.328 e. The van der Waals surface area contributed by atoms with Crippen molar-refractivity contribution in [3.8, 4) is 0 Å². The lowest BCUT2D eigenvalue weighted by atomic mass is 10.1. The summed E-state index contributed by atoms with van der Waals surface area (Å²) >= 11 is 0. The third-order valence-electron chi connectivity index (χ3n) is 2.25. The van der Waals surface area contributed by atoms with Crippen molar-refractivity contribution in [2.75, 3.05) is 20.6 Å². The van der Waals surface area contributed by atoms with Crippen LogP contribution in [-0.2, 0) is 9.59 Å². The van der Waals surface area contributed by atoms with Gasteiger partial charge in [0, 0.05) is 27.1 Å². The quantitative estimate of drug-likeness (QED) is 0.615. The van der Waals surface area contributed by atoms with Crippen LogP contribution >= 0.6 is 0 Å². The summed E-state index contributed by atoms with van der Waals surface area (Å²) in [5, 5.41) is 13.6. The highest BCUT2D eigenvalue weighted by molar-refractivity contribution is 5.85. The molecule has 0 unspecified atom stereocenters. The number of carbonyl (C=O) groups is 3. The summed E-state index contributed by atoms with van der Waals surface area (Å²) in [6, 6.07) is -0.527. The van der Waals surface area contributed by atoms with Gasteiger partial charge in [0.15, 0.2) is 0 Å². The highest BCUT2D eigenvalue weighted by Crippen LogP contribution is 2.03. The Morgan fingerprint density at radius 2 is 1.82 bits per heavy atom. The second-order valence-electron chi connectivity index (χ2n) is 4.21. The van der Waals surface area contributed by atoms with Gasteiger partial charge in [0.25, 0.3) is 0 Å². The highest BCUT2D eigenvalue weighted by atomic mass is 16.4. The number of amides is 3. The predicted octanol–water partition coefficient (Wildman–Crippen LogP) is -0.373. The second-order valence-corrected chi connectivity index (χ2v) is 4.21. The van der Waals surface area contributed by atoms with Crippen LogP contribution in [-0.4, -0.2) is 54.1 Å². The molecule has 7 nitrogen and oxygen atoms in total. The first-order valence-corrected chi connectivity index (χ1v) is 5.18. The zero-order valence-corrected chi connectivity index (χ0v) is 10.5. The first-order valence-electron chi connectivity index (χ1n) is 5.18. The van der Waals surface area contributed by atoms with Gasteiger partial charge in [-0.3, -0.25) is 4.79 Å². The molecule has 0 radical (unpaired) electrons. The van der Waals surface area contributed by atoms with Gasteiger partial charge in [-0.15, -0.1) is 0 Å². The molecule has 0 bridgehead atoms. The molecule has 3 N–H and O–H groups in total. The zero-order chi connectivity index (χ0) is 13.6. The fourth-order valence-electron chi connectivity index (χ4n) is 0.912. The lowest BCUT2D eigenvalue weighted by molar-refractivity contribution is -0.143. The molecule has 98 valence electrons. The number of carboxylic acid groups (broad SMARTS) is 1. The fourth-order valence-corrected chi connectivity index (χ4v) is 0.912. The molecule has 0 aliphatic heterocycles. The van der Waals surface area contributed by atoms with Gasteiger partial charge in [-0.1, -0.05) is 0 Å². The average Bonchev–Trinajstić information content (AvgIpc) is 2.24. The van der Waals surface area contributed by atoms with Gasteiger partial charge in [0.05, 0.1) is 0 Å². The molecule has 0 rings (SSSR count). The van der Waals surface area contributed by atoms with E-state index in [-0.39, 0.29) is 18.9 Å². The number of nitrogens with one attached hydrogen (secondary N) is 2. The van der Waals surface area contributed by atoms with E-state index >= 15 is 0 Å². The minimum Gasteiger partial charge on any atom is -0.480 e. The highest BCUT2D eigenvalue weighted by Gasteiger charge is 2.30. The Balaban J connectivity index is 4.23. The number of aliphatic carboxylic acids is 1. The van der Waals surface area contributed by atoms with Crippen LogP contribution in [0.15, 0.2) is 0 Å². The standard InChI is InChI=1S/C10H19N3O4/c1-10(2,8(15)16)12-9(17)13(4)6-5-7(14)11-3/h5-6H2,1-4H3,(H,11,14)(H,12,17)(H,15,16). The second kappa shape index (κ2) is 6.07. The van der Waals surface area contributed by atoms with Crippen LogP contribution in [0.1, 0.15) is 20.3 Å². The molecule has 0 aromatic heterocycles. The van der Waals surface area contributed by atoms with E-state index in [9.17, 15) is 14.4 Å². The molecule has 17 heavy (non-hydrogen) atoms. The van der Waals surface area contributed by atoms with Crippen LogP contribution in [0.2, 0.25) is 0 Å². The van der Waals surface area contributed by atoms with E-state index in [1.165, 1.54) is 32.8 Å². The Bertz CT molecular complexity index is 315. The number of carboxylic acids is 1. The van der Waals surface area contributed by atoms with E-state index in [4.69, 9.17) is 5.11 Å². The monoisotopic (exact) mass is 245 g/mol. The number of rotatable bonds is 5. The third kappa shape index (κ3) is 5.19. The van der Waals surface area contributed by atoms with Crippen molar-refractivity contribution in [1.82, 2.24) is 15.5 Å². The topological polar surface area (TPSA) is 98.7 Å². The first kappa shape index (κ1) is 15.2. The van der Waals surface area contributed by atoms with E-state index in [0.717, 1.165) is 0 Å². The van der Waals surface area contributed by atoms with Gasteiger partial charge < -0.3 is 20.6 Å². The molecule has 0 spiro atoms. The summed E-state index contributed by atoms with van der Waals surface area (Å²) < 4.78 is 0. The van der Waals surface area contributed by atoms with Gasteiger partial charge >= 0.3 is 12.0 Å². The number of nitrogens with zero attached hydrogens (tertiary/aromatic N) is 1. The zero-order valence-electron chi connectivity index (χ0n) is 10.5. The third-order valence-corrected chi connectivity index (χ3v) is 2.25. The summed E-state index contributed by atoms with van der Waals surface area (Å²) in [5.41, 5.74) is -1.33. The molecule has 7 heteroatoms. The number of urea groups is 1. The predicted molar refractivity (Wildman–Crippen MR) is 61.6 cm³/mol. The molecule has 0 atom stereocenters. The lowest BCUT2D eigenvalue weighted by Crippen LogP contribution is -2.53. The summed E-state index contributed by atoms with van der Waals surface area (Å²) in [7, 11) is 3.01.